The van der Waals surface area contributed by atoms with E-state index in [4.69, 9.17) is 0 Å². The number of nitriles is 1. The van der Waals surface area contributed by atoms with Gasteiger partial charge in [0.1, 0.15) is 6.07 Å². The normalized spacial score (nSPS) is 19.2. The Bertz CT molecular complexity index is 416. The van der Waals surface area contributed by atoms with Crippen LogP contribution in [0, 0.1) is 11.3 Å². The Balaban J connectivity index is 2.25. The molecular formula is C15H21N3. The number of para-hydroxylation sites is 1. The van der Waals surface area contributed by atoms with Gasteiger partial charge in [-0.2, -0.15) is 5.26 Å². The van der Waals surface area contributed by atoms with Gasteiger partial charge >= 0.3 is 0 Å². The van der Waals surface area contributed by atoms with Crippen LogP contribution in [0.15, 0.2) is 24.3 Å². The molecule has 1 fully saturated rings. The molecule has 3 heteroatoms. The van der Waals surface area contributed by atoms with E-state index in [-0.39, 0.29) is 0 Å². The Hall–Kier alpha value is -1.53. The summed E-state index contributed by atoms with van der Waals surface area (Å²) in [5.74, 6) is 0. The van der Waals surface area contributed by atoms with Gasteiger partial charge in [0, 0.05) is 19.1 Å². The van der Waals surface area contributed by atoms with Crippen LogP contribution in [0.3, 0.4) is 0 Å². The SMILES string of the molecule is CCCN(c1ccccc1C#N)C1CCCNC1. The molecule has 0 bridgehead atoms. The highest BCUT2D eigenvalue weighted by atomic mass is 15.2. The van der Waals surface area contributed by atoms with E-state index >= 15 is 0 Å². The average molecular weight is 243 g/mol. The fourth-order valence-corrected chi connectivity index (χ4v) is 2.66. The molecule has 0 spiro atoms. The first kappa shape index (κ1) is 12.9. The molecule has 1 unspecified atom stereocenters. The molecule has 3 nitrogen and oxygen atoms in total. The molecule has 96 valence electrons. The molecule has 0 aliphatic carbocycles. The van der Waals surface area contributed by atoms with Crippen LogP contribution in [0.4, 0.5) is 5.69 Å². The molecule has 1 N–H and O–H groups in total. The van der Waals surface area contributed by atoms with E-state index in [0.717, 1.165) is 37.3 Å². The van der Waals surface area contributed by atoms with Crippen LogP contribution >= 0.6 is 0 Å². The molecule has 1 aromatic carbocycles. The molecule has 1 heterocycles. The number of hydrogen-bond acceptors (Lipinski definition) is 3. The lowest BCUT2D eigenvalue weighted by atomic mass is 10.0. The van der Waals surface area contributed by atoms with Crippen molar-refractivity contribution in [2.45, 2.75) is 32.2 Å². The molecular weight excluding hydrogens is 222 g/mol. The zero-order valence-electron chi connectivity index (χ0n) is 11.0. The maximum Gasteiger partial charge on any atom is 0.101 e. The maximum atomic E-state index is 9.24. The summed E-state index contributed by atoms with van der Waals surface area (Å²) in [6, 6.07) is 10.8. The van der Waals surface area contributed by atoms with Gasteiger partial charge in [0.2, 0.25) is 0 Å². The van der Waals surface area contributed by atoms with Crippen molar-refractivity contribution in [3.63, 3.8) is 0 Å². The van der Waals surface area contributed by atoms with Gasteiger partial charge < -0.3 is 10.2 Å². The highest BCUT2D eigenvalue weighted by molar-refractivity contribution is 5.59. The molecule has 1 saturated heterocycles. The first-order chi connectivity index (χ1) is 8.86. The second-order valence-electron chi connectivity index (χ2n) is 4.82. The van der Waals surface area contributed by atoms with Crippen molar-refractivity contribution in [3.05, 3.63) is 29.8 Å². The van der Waals surface area contributed by atoms with Gasteiger partial charge in [-0.15, -0.1) is 0 Å². The summed E-state index contributed by atoms with van der Waals surface area (Å²) in [7, 11) is 0. The second-order valence-corrected chi connectivity index (χ2v) is 4.82. The average Bonchev–Trinajstić information content (AvgIpc) is 2.46. The molecule has 18 heavy (non-hydrogen) atoms. The molecule has 0 saturated carbocycles. The number of nitrogens with one attached hydrogen (secondary N) is 1. The van der Waals surface area contributed by atoms with Crippen molar-refractivity contribution in [3.8, 4) is 6.07 Å². The Morgan fingerprint density at radius 1 is 1.44 bits per heavy atom. The van der Waals surface area contributed by atoms with Gasteiger partial charge in [-0.25, -0.2) is 0 Å². The molecule has 0 aromatic heterocycles. The van der Waals surface area contributed by atoms with Gasteiger partial charge in [0.05, 0.1) is 11.3 Å². The number of anilines is 1. The van der Waals surface area contributed by atoms with Crippen molar-refractivity contribution >= 4 is 5.69 Å². The van der Waals surface area contributed by atoms with Crippen LogP contribution in [0.2, 0.25) is 0 Å². The van der Waals surface area contributed by atoms with Crippen molar-refractivity contribution in [1.29, 1.82) is 5.26 Å². The second kappa shape index (κ2) is 6.42. The van der Waals surface area contributed by atoms with Gasteiger partial charge in [-0.3, -0.25) is 0 Å². The number of benzene rings is 1. The summed E-state index contributed by atoms with van der Waals surface area (Å²) in [5.41, 5.74) is 1.88. The highest BCUT2D eigenvalue weighted by Gasteiger charge is 2.22. The van der Waals surface area contributed by atoms with Gasteiger partial charge in [-0.05, 0) is 37.9 Å². The van der Waals surface area contributed by atoms with Crippen LogP contribution < -0.4 is 10.2 Å². The molecule has 1 aliphatic rings. The number of nitrogens with zero attached hydrogens (tertiary/aromatic N) is 2. The first-order valence-electron chi connectivity index (χ1n) is 6.83. The van der Waals surface area contributed by atoms with Gasteiger partial charge in [-0.1, -0.05) is 19.1 Å². The van der Waals surface area contributed by atoms with E-state index in [1.807, 2.05) is 18.2 Å². The van der Waals surface area contributed by atoms with Crippen LogP contribution in [0.1, 0.15) is 31.7 Å². The molecule has 1 aromatic rings. The van der Waals surface area contributed by atoms with Crippen molar-refractivity contribution in [1.82, 2.24) is 5.32 Å². The first-order valence-corrected chi connectivity index (χ1v) is 6.83. The van der Waals surface area contributed by atoms with Gasteiger partial charge in [0.25, 0.3) is 0 Å². The predicted molar refractivity (Wildman–Crippen MR) is 74.7 cm³/mol. The zero-order valence-corrected chi connectivity index (χ0v) is 11.0. The largest absolute Gasteiger partial charge is 0.366 e. The van der Waals surface area contributed by atoms with Crippen LogP contribution in [-0.4, -0.2) is 25.7 Å². The minimum absolute atomic E-state index is 0.521. The monoisotopic (exact) mass is 243 g/mol. The van der Waals surface area contributed by atoms with E-state index in [1.54, 1.807) is 0 Å². The summed E-state index contributed by atoms with van der Waals surface area (Å²) in [4.78, 5) is 2.41. The lowest BCUT2D eigenvalue weighted by Crippen LogP contribution is -2.46. The van der Waals surface area contributed by atoms with E-state index in [0.29, 0.717) is 6.04 Å². The number of hydrogen-bond donors (Lipinski definition) is 1. The van der Waals surface area contributed by atoms with Crippen LogP contribution in [0.5, 0.6) is 0 Å². The number of rotatable bonds is 4. The Morgan fingerprint density at radius 2 is 2.28 bits per heavy atom. The summed E-state index contributed by atoms with van der Waals surface area (Å²) >= 11 is 0. The lowest BCUT2D eigenvalue weighted by molar-refractivity contribution is 0.431. The highest BCUT2D eigenvalue weighted by Crippen LogP contribution is 2.24. The fourth-order valence-electron chi connectivity index (χ4n) is 2.66. The Morgan fingerprint density at radius 3 is 2.94 bits per heavy atom. The third kappa shape index (κ3) is 2.83. The third-order valence-corrected chi connectivity index (χ3v) is 3.51. The topological polar surface area (TPSA) is 39.1 Å². The lowest BCUT2D eigenvalue weighted by Gasteiger charge is -2.36. The zero-order chi connectivity index (χ0) is 12.8. The van der Waals surface area contributed by atoms with Crippen molar-refractivity contribution < 1.29 is 0 Å². The molecule has 0 amide bonds. The molecule has 2 rings (SSSR count). The quantitative estimate of drug-likeness (QED) is 0.883. The smallest absolute Gasteiger partial charge is 0.101 e. The van der Waals surface area contributed by atoms with E-state index in [9.17, 15) is 5.26 Å². The van der Waals surface area contributed by atoms with E-state index in [1.165, 1.54) is 12.8 Å². The maximum absolute atomic E-state index is 9.24. The summed E-state index contributed by atoms with van der Waals surface area (Å²) < 4.78 is 0. The molecule has 1 atom stereocenters. The third-order valence-electron chi connectivity index (χ3n) is 3.51. The summed E-state index contributed by atoms with van der Waals surface area (Å²) in [6.45, 7) is 5.36. The number of piperidine rings is 1. The van der Waals surface area contributed by atoms with E-state index in [2.05, 4.69) is 29.3 Å². The van der Waals surface area contributed by atoms with Gasteiger partial charge in [0.15, 0.2) is 0 Å². The van der Waals surface area contributed by atoms with Crippen LogP contribution in [-0.2, 0) is 0 Å². The van der Waals surface area contributed by atoms with Crippen molar-refractivity contribution in [2.24, 2.45) is 0 Å². The van der Waals surface area contributed by atoms with Crippen LogP contribution in [0.25, 0.3) is 0 Å². The summed E-state index contributed by atoms with van der Waals surface area (Å²) in [5, 5.41) is 12.7. The predicted octanol–water partition coefficient (Wildman–Crippen LogP) is 2.53. The standard InChI is InChI=1S/C15H21N3/c1-2-10-18(14-7-5-9-17-12-14)15-8-4-3-6-13(15)11-16/h3-4,6,8,14,17H,2,5,7,9-10,12H2,1H3. The minimum atomic E-state index is 0.521. The van der Waals surface area contributed by atoms with Crippen molar-refractivity contribution in [2.75, 3.05) is 24.5 Å². The van der Waals surface area contributed by atoms with E-state index < -0.39 is 0 Å². The molecule has 1 aliphatic heterocycles. The Labute approximate surface area is 109 Å². The minimum Gasteiger partial charge on any atom is -0.366 e. The summed E-state index contributed by atoms with van der Waals surface area (Å²) in [6.07, 6.45) is 3.54. The molecule has 0 radical (unpaired) electrons. The Kier molecular flexibility index (Phi) is 4.60. The fraction of sp³-hybridized carbons (Fsp3) is 0.533.